The highest BCUT2D eigenvalue weighted by Gasteiger charge is 2.23. The van der Waals surface area contributed by atoms with E-state index in [9.17, 15) is 8.42 Å². The first-order valence-electron chi connectivity index (χ1n) is 10.7. The number of sulfonamides is 1. The molecule has 172 valence electrons. The standard InChI is InChI=1S/C22H27ClN4O3S2/c1-15-5-3-11-27(14-15)12-4-10-24-32(28,29)20-13-19(31-16(20)2)22-25-21(26-30-22)17-6-8-18(23)9-7-17/h6-9,13,15,24H,3-5,10-12,14H2,1-2H3. The molecule has 1 aromatic carbocycles. The first-order valence-corrected chi connectivity index (χ1v) is 13.4. The molecule has 0 saturated carbocycles. The summed E-state index contributed by atoms with van der Waals surface area (Å²) in [5.41, 5.74) is 0.773. The molecule has 10 heteroatoms. The lowest BCUT2D eigenvalue weighted by molar-refractivity contribution is 0.182. The molecule has 1 fully saturated rings. The molecule has 2 aromatic heterocycles. The Balaban J connectivity index is 1.39. The smallest absolute Gasteiger partial charge is 0.268 e. The van der Waals surface area contributed by atoms with Gasteiger partial charge in [0.25, 0.3) is 5.89 Å². The molecule has 1 N–H and O–H groups in total. The monoisotopic (exact) mass is 494 g/mol. The van der Waals surface area contributed by atoms with Crippen molar-refractivity contribution in [3.8, 4) is 22.2 Å². The zero-order valence-corrected chi connectivity index (χ0v) is 20.6. The Bertz CT molecular complexity index is 1160. The van der Waals surface area contributed by atoms with Crippen molar-refractivity contribution in [3.05, 3.63) is 40.2 Å². The summed E-state index contributed by atoms with van der Waals surface area (Å²) >= 11 is 7.25. The number of nitrogens with one attached hydrogen (secondary N) is 1. The Kier molecular flexibility index (Phi) is 7.31. The molecule has 0 aliphatic carbocycles. The number of aromatic nitrogens is 2. The fourth-order valence-electron chi connectivity index (χ4n) is 3.95. The van der Waals surface area contributed by atoms with Crippen LogP contribution in [-0.4, -0.2) is 49.6 Å². The quantitative estimate of drug-likeness (QED) is 0.451. The third-order valence-corrected chi connectivity index (χ3v) is 8.59. The largest absolute Gasteiger partial charge is 0.333 e. The Morgan fingerprint density at radius 1 is 1.31 bits per heavy atom. The van der Waals surface area contributed by atoms with Crippen LogP contribution in [0.3, 0.4) is 0 Å². The van der Waals surface area contributed by atoms with Crippen LogP contribution in [0.5, 0.6) is 0 Å². The molecule has 0 spiro atoms. The summed E-state index contributed by atoms with van der Waals surface area (Å²) < 4.78 is 33.9. The summed E-state index contributed by atoms with van der Waals surface area (Å²) in [6.07, 6.45) is 3.29. The predicted octanol–water partition coefficient (Wildman–Crippen LogP) is 4.83. The van der Waals surface area contributed by atoms with E-state index in [0.29, 0.717) is 33.0 Å². The number of halogens is 1. The molecule has 0 amide bonds. The Hall–Kier alpha value is -1.78. The first-order chi connectivity index (χ1) is 15.3. The molecule has 3 heterocycles. The summed E-state index contributed by atoms with van der Waals surface area (Å²) in [4.78, 5) is 8.41. The summed E-state index contributed by atoms with van der Waals surface area (Å²) in [7, 11) is -3.60. The van der Waals surface area contributed by atoms with Gasteiger partial charge in [0.2, 0.25) is 15.8 Å². The van der Waals surface area contributed by atoms with Crippen molar-refractivity contribution in [2.45, 2.75) is 38.0 Å². The van der Waals surface area contributed by atoms with Crippen LogP contribution in [0, 0.1) is 12.8 Å². The van der Waals surface area contributed by atoms with Crippen molar-refractivity contribution >= 4 is 33.0 Å². The maximum atomic E-state index is 12.9. The Morgan fingerprint density at radius 3 is 2.84 bits per heavy atom. The second kappa shape index (κ2) is 10.0. The molecular formula is C22H27ClN4O3S2. The third-order valence-electron chi connectivity index (χ3n) is 5.59. The molecule has 1 saturated heterocycles. The molecule has 1 aliphatic heterocycles. The SMILES string of the molecule is Cc1sc(-c2nc(-c3ccc(Cl)cc3)no2)cc1S(=O)(=O)NCCCN1CCCC(C)C1. The summed E-state index contributed by atoms with van der Waals surface area (Å²) in [5.74, 6) is 1.44. The Morgan fingerprint density at radius 2 is 2.09 bits per heavy atom. The minimum atomic E-state index is -3.60. The van der Waals surface area contributed by atoms with Gasteiger partial charge in [0.15, 0.2) is 0 Å². The van der Waals surface area contributed by atoms with Gasteiger partial charge in [-0.25, -0.2) is 13.1 Å². The second-order valence-corrected chi connectivity index (χ2v) is 11.7. The average Bonchev–Trinajstić information content (AvgIpc) is 3.39. The van der Waals surface area contributed by atoms with Gasteiger partial charge in [0, 0.05) is 28.6 Å². The van der Waals surface area contributed by atoms with Crippen molar-refractivity contribution in [1.29, 1.82) is 0 Å². The molecule has 1 unspecified atom stereocenters. The summed E-state index contributed by atoms with van der Waals surface area (Å²) in [6, 6.07) is 8.73. The molecule has 4 rings (SSSR count). The first kappa shape index (κ1) is 23.4. The van der Waals surface area contributed by atoms with Gasteiger partial charge in [0.05, 0.1) is 9.77 Å². The van der Waals surface area contributed by atoms with Gasteiger partial charge in [-0.15, -0.1) is 11.3 Å². The minimum Gasteiger partial charge on any atom is -0.333 e. The molecule has 7 nitrogen and oxygen atoms in total. The van der Waals surface area contributed by atoms with Crippen LogP contribution >= 0.6 is 22.9 Å². The lowest BCUT2D eigenvalue weighted by Crippen LogP contribution is -2.36. The van der Waals surface area contributed by atoms with E-state index >= 15 is 0 Å². The maximum Gasteiger partial charge on any atom is 0.268 e. The molecular weight excluding hydrogens is 468 g/mol. The third kappa shape index (κ3) is 5.58. The predicted molar refractivity (Wildman–Crippen MR) is 127 cm³/mol. The number of rotatable bonds is 8. The van der Waals surface area contributed by atoms with Crippen molar-refractivity contribution in [3.63, 3.8) is 0 Å². The highest BCUT2D eigenvalue weighted by molar-refractivity contribution is 7.89. The molecule has 0 radical (unpaired) electrons. The number of piperidine rings is 1. The number of thiophene rings is 1. The zero-order valence-electron chi connectivity index (χ0n) is 18.2. The number of hydrogen-bond acceptors (Lipinski definition) is 7. The van der Waals surface area contributed by atoms with Gasteiger partial charge < -0.3 is 9.42 Å². The van der Waals surface area contributed by atoms with Crippen molar-refractivity contribution in [1.82, 2.24) is 19.8 Å². The lowest BCUT2D eigenvalue weighted by Gasteiger charge is -2.30. The van der Waals surface area contributed by atoms with Crippen LogP contribution in [0.4, 0.5) is 0 Å². The van der Waals surface area contributed by atoms with E-state index in [4.69, 9.17) is 16.1 Å². The topological polar surface area (TPSA) is 88.3 Å². The van der Waals surface area contributed by atoms with Crippen LogP contribution in [0.25, 0.3) is 22.2 Å². The highest BCUT2D eigenvalue weighted by Crippen LogP contribution is 2.33. The summed E-state index contributed by atoms with van der Waals surface area (Å²) in [6.45, 7) is 7.59. The van der Waals surface area contributed by atoms with Gasteiger partial charge in [-0.2, -0.15) is 4.98 Å². The Labute approximate surface area is 197 Å². The molecule has 3 aromatic rings. The van der Waals surface area contributed by atoms with E-state index in [0.717, 1.165) is 37.5 Å². The van der Waals surface area contributed by atoms with E-state index in [1.807, 2.05) is 0 Å². The van der Waals surface area contributed by atoms with Gasteiger partial charge in [0.1, 0.15) is 0 Å². The maximum absolute atomic E-state index is 12.9. The summed E-state index contributed by atoms with van der Waals surface area (Å²) in [5, 5.41) is 4.64. The number of aryl methyl sites for hydroxylation is 1. The van der Waals surface area contributed by atoms with E-state index < -0.39 is 10.0 Å². The van der Waals surface area contributed by atoms with Gasteiger partial charge in [-0.3, -0.25) is 0 Å². The van der Waals surface area contributed by atoms with Crippen molar-refractivity contribution < 1.29 is 12.9 Å². The number of benzene rings is 1. The fraction of sp³-hybridized carbons (Fsp3) is 0.455. The number of nitrogens with zero attached hydrogens (tertiary/aromatic N) is 3. The van der Waals surface area contributed by atoms with E-state index in [-0.39, 0.29) is 4.90 Å². The molecule has 0 bridgehead atoms. The second-order valence-electron chi connectivity index (χ2n) is 8.26. The molecule has 1 atom stereocenters. The van der Waals surface area contributed by atoms with E-state index in [2.05, 4.69) is 26.7 Å². The molecule has 1 aliphatic rings. The molecule has 32 heavy (non-hydrogen) atoms. The van der Waals surface area contributed by atoms with Crippen LogP contribution in [0.15, 0.2) is 39.8 Å². The van der Waals surface area contributed by atoms with E-state index in [1.165, 1.54) is 24.2 Å². The van der Waals surface area contributed by atoms with Gasteiger partial charge in [-0.1, -0.05) is 23.7 Å². The minimum absolute atomic E-state index is 0.260. The van der Waals surface area contributed by atoms with Crippen LogP contribution in [0.2, 0.25) is 5.02 Å². The lowest BCUT2D eigenvalue weighted by atomic mass is 10.0. The van der Waals surface area contributed by atoms with Gasteiger partial charge in [-0.05, 0) is 75.5 Å². The average molecular weight is 495 g/mol. The normalized spacial score (nSPS) is 17.7. The van der Waals surface area contributed by atoms with E-state index in [1.54, 1.807) is 37.3 Å². The van der Waals surface area contributed by atoms with Crippen LogP contribution in [0.1, 0.15) is 31.1 Å². The number of hydrogen-bond donors (Lipinski definition) is 1. The van der Waals surface area contributed by atoms with Crippen LogP contribution in [-0.2, 0) is 10.0 Å². The fourth-order valence-corrected chi connectivity index (χ4v) is 6.67. The highest BCUT2D eigenvalue weighted by atomic mass is 35.5. The number of likely N-dealkylation sites (tertiary alicyclic amines) is 1. The zero-order chi connectivity index (χ0) is 22.7. The van der Waals surface area contributed by atoms with Gasteiger partial charge >= 0.3 is 0 Å². The van der Waals surface area contributed by atoms with Crippen molar-refractivity contribution in [2.75, 3.05) is 26.2 Å². The van der Waals surface area contributed by atoms with Crippen LogP contribution < -0.4 is 4.72 Å². The van der Waals surface area contributed by atoms with Crippen molar-refractivity contribution in [2.24, 2.45) is 5.92 Å².